The van der Waals surface area contributed by atoms with Gasteiger partial charge >= 0.3 is 11.9 Å². The molecule has 0 aromatic carbocycles. The molecule has 0 saturated carbocycles. The van der Waals surface area contributed by atoms with Gasteiger partial charge in [0.1, 0.15) is 6.61 Å². The molecule has 0 amide bonds. The molecule has 0 aliphatic rings. The molecule has 306 valence electrons. The molecule has 0 aliphatic heterocycles. The zero-order valence-electron chi connectivity index (χ0n) is 34.8. The predicted molar refractivity (Wildman–Crippen MR) is 228 cm³/mol. The molecule has 0 spiro atoms. The van der Waals surface area contributed by atoms with Gasteiger partial charge in [-0.3, -0.25) is 9.59 Å². The van der Waals surface area contributed by atoms with Crippen LogP contribution in [0.5, 0.6) is 0 Å². The minimum atomic E-state index is -0.785. The molecular formula is C48H84O5. The first-order valence-corrected chi connectivity index (χ1v) is 22.3. The van der Waals surface area contributed by atoms with Crippen molar-refractivity contribution in [3.8, 4) is 0 Å². The van der Waals surface area contributed by atoms with E-state index in [1.54, 1.807) is 0 Å². The summed E-state index contributed by atoms with van der Waals surface area (Å²) in [4.78, 5) is 24.3. The standard InChI is InChI=1S/C48H84O5/c1-3-5-7-9-11-13-15-17-19-21-23-25-27-29-31-33-35-37-39-41-43-48(51)53-46(44-49)45-52-47(50)42-40-38-36-34-32-30-28-26-24-22-20-18-16-14-12-10-8-6-4-2/h6,8,12,14,18,20,24,26,30,32,46,49H,3-5,7,9-11,13,15-17,19,21-23,25,27-29,31,33-45H2,1-2H3/b8-6+,14-12+,20-18+,26-24+,32-30+/t46-/m0/s1. The van der Waals surface area contributed by atoms with Gasteiger partial charge in [0, 0.05) is 12.8 Å². The third-order valence-electron chi connectivity index (χ3n) is 9.58. The monoisotopic (exact) mass is 741 g/mol. The van der Waals surface area contributed by atoms with E-state index in [-0.39, 0.29) is 25.2 Å². The van der Waals surface area contributed by atoms with Gasteiger partial charge in [0.15, 0.2) is 6.10 Å². The number of hydrogen-bond donors (Lipinski definition) is 1. The van der Waals surface area contributed by atoms with E-state index in [2.05, 4.69) is 74.6 Å². The van der Waals surface area contributed by atoms with Gasteiger partial charge in [0.25, 0.3) is 0 Å². The second-order valence-corrected chi connectivity index (χ2v) is 14.8. The van der Waals surface area contributed by atoms with Crippen LogP contribution in [-0.4, -0.2) is 36.4 Å². The molecule has 0 unspecified atom stereocenters. The Hall–Kier alpha value is -2.40. The molecular weight excluding hydrogens is 657 g/mol. The fourth-order valence-electron chi connectivity index (χ4n) is 6.23. The molecule has 0 fully saturated rings. The van der Waals surface area contributed by atoms with Crippen LogP contribution in [0.1, 0.15) is 213 Å². The summed E-state index contributed by atoms with van der Waals surface area (Å²) in [5.74, 6) is -0.624. The zero-order chi connectivity index (χ0) is 38.6. The van der Waals surface area contributed by atoms with Gasteiger partial charge in [-0.1, -0.05) is 203 Å². The summed E-state index contributed by atoms with van der Waals surface area (Å²) in [5.41, 5.74) is 0. The maximum atomic E-state index is 12.2. The summed E-state index contributed by atoms with van der Waals surface area (Å²) in [7, 11) is 0. The van der Waals surface area contributed by atoms with Gasteiger partial charge in [0.2, 0.25) is 0 Å². The smallest absolute Gasteiger partial charge is 0.306 e. The van der Waals surface area contributed by atoms with E-state index in [1.807, 2.05) is 0 Å². The maximum absolute atomic E-state index is 12.2. The molecule has 0 aliphatic carbocycles. The predicted octanol–water partition coefficient (Wildman–Crippen LogP) is 14.3. The Balaban J connectivity index is 3.58. The van der Waals surface area contributed by atoms with Gasteiger partial charge in [-0.15, -0.1) is 0 Å². The van der Waals surface area contributed by atoms with Crippen molar-refractivity contribution >= 4 is 11.9 Å². The zero-order valence-corrected chi connectivity index (χ0v) is 34.8. The van der Waals surface area contributed by atoms with Crippen LogP contribution in [0.4, 0.5) is 0 Å². The van der Waals surface area contributed by atoms with Crippen LogP contribution >= 0.6 is 0 Å². The number of ether oxygens (including phenoxy) is 2. The number of allylic oxidation sites excluding steroid dienone is 10. The van der Waals surface area contributed by atoms with Crippen LogP contribution < -0.4 is 0 Å². The molecule has 1 N–H and O–H groups in total. The average molecular weight is 741 g/mol. The highest BCUT2D eigenvalue weighted by atomic mass is 16.6. The lowest BCUT2D eigenvalue weighted by molar-refractivity contribution is -0.161. The van der Waals surface area contributed by atoms with Crippen molar-refractivity contribution in [3.63, 3.8) is 0 Å². The van der Waals surface area contributed by atoms with Crippen LogP contribution in [0.2, 0.25) is 0 Å². The lowest BCUT2D eigenvalue weighted by Gasteiger charge is -2.15. The van der Waals surface area contributed by atoms with Crippen LogP contribution in [0, 0.1) is 0 Å². The number of aliphatic hydroxyl groups is 1. The summed E-state index contributed by atoms with van der Waals surface area (Å²) in [6.07, 6.45) is 57.2. The highest BCUT2D eigenvalue weighted by Crippen LogP contribution is 2.15. The van der Waals surface area contributed by atoms with Crippen molar-refractivity contribution in [2.24, 2.45) is 0 Å². The van der Waals surface area contributed by atoms with E-state index in [0.717, 1.165) is 77.0 Å². The topological polar surface area (TPSA) is 72.8 Å². The third-order valence-corrected chi connectivity index (χ3v) is 9.58. The Morgan fingerprint density at radius 3 is 1.23 bits per heavy atom. The largest absolute Gasteiger partial charge is 0.462 e. The molecule has 0 radical (unpaired) electrons. The fourth-order valence-corrected chi connectivity index (χ4v) is 6.23. The molecule has 0 rings (SSSR count). The van der Waals surface area contributed by atoms with Crippen molar-refractivity contribution in [1.82, 2.24) is 0 Å². The highest BCUT2D eigenvalue weighted by molar-refractivity contribution is 5.70. The van der Waals surface area contributed by atoms with Crippen LogP contribution in [-0.2, 0) is 19.1 Å². The van der Waals surface area contributed by atoms with Gasteiger partial charge in [-0.25, -0.2) is 0 Å². The minimum Gasteiger partial charge on any atom is -0.462 e. The number of carbonyl (C=O) groups is 2. The third kappa shape index (κ3) is 42.2. The van der Waals surface area contributed by atoms with Crippen molar-refractivity contribution in [3.05, 3.63) is 60.8 Å². The Labute approximate surface area is 328 Å². The lowest BCUT2D eigenvalue weighted by atomic mass is 10.0. The number of rotatable bonds is 40. The molecule has 5 heteroatoms. The van der Waals surface area contributed by atoms with Crippen molar-refractivity contribution in [2.75, 3.05) is 13.2 Å². The molecule has 1 atom stereocenters. The van der Waals surface area contributed by atoms with Gasteiger partial charge in [-0.2, -0.15) is 0 Å². The van der Waals surface area contributed by atoms with Crippen molar-refractivity contribution in [1.29, 1.82) is 0 Å². The quantitative estimate of drug-likeness (QED) is 0.0385. The molecule has 0 aromatic rings. The van der Waals surface area contributed by atoms with E-state index < -0.39 is 6.10 Å². The van der Waals surface area contributed by atoms with E-state index in [0.29, 0.717) is 12.8 Å². The fraction of sp³-hybridized carbons (Fsp3) is 0.750. The lowest BCUT2D eigenvalue weighted by Crippen LogP contribution is -2.28. The highest BCUT2D eigenvalue weighted by Gasteiger charge is 2.16. The number of aliphatic hydroxyl groups excluding tert-OH is 1. The molecule has 0 bridgehead atoms. The first kappa shape index (κ1) is 50.6. The van der Waals surface area contributed by atoms with E-state index in [9.17, 15) is 14.7 Å². The Bertz CT molecular complexity index is 930. The number of hydrogen-bond acceptors (Lipinski definition) is 5. The van der Waals surface area contributed by atoms with Crippen LogP contribution in [0.3, 0.4) is 0 Å². The summed E-state index contributed by atoms with van der Waals surface area (Å²) < 4.78 is 10.6. The van der Waals surface area contributed by atoms with Crippen molar-refractivity contribution < 1.29 is 24.2 Å². The average Bonchev–Trinajstić information content (AvgIpc) is 3.16. The Morgan fingerprint density at radius 2 is 0.811 bits per heavy atom. The van der Waals surface area contributed by atoms with E-state index in [1.165, 1.54) is 109 Å². The summed E-state index contributed by atoms with van der Waals surface area (Å²) in [6, 6.07) is 0. The number of carbonyl (C=O) groups excluding carboxylic acids is 2. The molecule has 0 aromatic heterocycles. The molecule has 5 nitrogen and oxygen atoms in total. The molecule has 53 heavy (non-hydrogen) atoms. The molecule has 0 saturated heterocycles. The van der Waals surface area contributed by atoms with Gasteiger partial charge in [-0.05, 0) is 57.8 Å². The maximum Gasteiger partial charge on any atom is 0.306 e. The van der Waals surface area contributed by atoms with Gasteiger partial charge in [0.05, 0.1) is 6.61 Å². The summed E-state index contributed by atoms with van der Waals surface area (Å²) >= 11 is 0. The second kappa shape index (κ2) is 44.0. The van der Waals surface area contributed by atoms with Crippen molar-refractivity contribution in [2.45, 2.75) is 219 Å². The van der Waals surface area contributed by atoms with Crippen LogP contribution in [0.25, 0.3) is 0 Å². The SMILES string of the molecule is CC/C=C/C/C=C/C/C=C/C/C=C/C/C=C/CCCCCC(=O)OC[C@H](CO)OC(=O)CCCCCCCCCCCCCCCCCCCCCC. The summed E-state index contributed by atoms with van der Waals surface area (Å²) in [5, 5.41) is 9.59. The summed E-state index contributed by atoms with van der Waals surface area (Å²) in [6.45, 7) is 4.01. The normalized spacial score (nSPS) is 12.7. The van der Waals surface area contributed by atoms with Crippen LogP contribution in [0.15, 0.2) is 60.8 Å². The first-order chi connectivity index (χ1) is 26.1. The Kier molecular flexibility index (Phi) is 42.0. The van der Waals surface area contributed by atoms with Gasteiger partial charge < -0.3 is 14.6 Å². The first-order valence-electron chi connectivity index (χ1n) is 22.3. The molecule has 0 heterocycles. The van der Waals surface area contributed by atoms with E-state index >= 15 is 0 Å². The minimum absolute atomic E-state index is 0.0830. The number of unbranched alkanes of at least 4 members (excludes halogenated alkanes) is 22. The number of esters is 2. The Morgan fingerprint density at radius 1 is 0.453 bits per heavy atom. The second-order valence-electron chi connectivity index (χ2n) is 14.8. The van der Waals surface area contributed by atoms with E-state index in [4.69, 9.17) is 9.47 Å².